The second-order valence-corrected chi connectivity index (χ2v) is 5.66. The van der Waals surface area contributed by atoms with E-state index in [1.54, 1.807) is 13.8 Å². The Morgan fingerprint density at radius 1 is 1.56 bits per heavy atom. The van der Waals surface area contributed by atoms with Crippen LogP contribution in [0.5, 0.6) is 0 Å². The van der Waals surface area contributed by atoms with Crippen LogP contribution in [0.25, 0.3) is 0 Å². The number of sulfonamides is 1. The molecule has 0 saturated heterocycles. The van der Waals surface area contributed by atoms with E-state index in [1.165, 1.54) is 11.7 Å². The van der Waals surface area contributed by atoms with E-state index in [2.05, 4.69) is 9.72 Å². The van der Waals surface area contributed by atoms with Crippen molar-refractivity contribution in [1.82, 2.24) is 9.29 Å². The quantitative estimate of drug-likeness (QED) is 0.819. The fourth-order valence-corrected chi connectivity index (χ4v) is 3.27. The third-order valence-electron chi connectivity index (χ3n) is 1.71. The topological polar surface area (TPSA) is 76.6 Å². The number of nitrogens with zero attached hydrogens (tertiary/aromatic N) is 2. The zero-order valence-corrected chi connectivity index (χ0v) is 10.5. The maximum atomic E-state index is 11.9. The molecule has 0 aliphatic rings. The fourth-order valence-electron chi connectivity index (χ4n) is 1.03. The Morgan fingerprint density at radius 2 is 2.25 bits per heavy atom. The predicted molar refractivity (Wildman–Crippen MR) is 58.7 cm³/mol. The molecule has 0 atom stereocenters. The molecule has 0 spiro atoms. The number of ether oxygens (including phenoxy) is 1. The Morgan fingerprint density at radius 3 is 2.69 bits per heavy atom. The van der Waals surface area contributed by atoms with Crippen LogP contribution in [-0.4, -0.2) is 37.0 Å². The SMILES string of the molecule is CCOC(=O)N(CC)S(=O)(=O)c1cncs1. The molecule has 0 aliphatic carbocycles. The first-order valence-electron chi connectivity index (χ1n) is 4.62. The van der Waals surface area contributed by atoms with Crippen molar-refractivity contribution in [3.05, 3.63) is 11.7 Å². The van der Waals surface area contributed by atoms with Crippen molar-refractivity contribution in [2.24, 2.45) is 0 Å². The summed E-state index contributed by atoms with van der Waals surface area (Å²) in [4.78, 5) is 15.1. The lowest BCUT2D eigenvalue weighted by molar-refractivity contribution is 0.132. The molecule has 8 heteroatoms. The van der Waals surface area contributed by atoms with E-state index in [9.17, 15) is 13.2 Å². The summed E-state index contributed by atoms with van der Waals surface area (Å²) in [6.07, 6.45) is 0.348. The third kappa shape index (κ3) is 2.50. The Kier molecular flexibility index (Phi) is 4.25. The highest BCUT2D eigenvalue weighted by Crippen LogP contribution is 2.19. The van der Waals surface area contributed by atoms with Crippen molar-refractivity contribution in [3.8, 4) is 0 Å². The van der Waals surface area contributed by atoms with E-state index in [0.29, 0.717) is 4.31 Å². The molecule has 1 rings (SSSR count). The van der Waals surface area contributed by atoms with Gasteiger partial charge in [0.2, 0.25) is 0 Å². The van der Waals surface area contributed by atoms with Gasteiger partial charge in [-0.1, -0.05) is 0 Å². The second-order valence-electron chi connectivity index (χ2n) is 2.69. The van der Waals surface area contributed by atoms with Gasteiger partial charge < -0.3 is 4.74 Å². The summed E-state index contributed by atoms with van der Waals surface area (Å²) in [5, 5.41) is 0. The van der Waals surface area contributed by atoms with Crippen LogP contribution in [0.15, 0.2) is 15.9 Å². The first kappa shape index (κ1) is 12.9. The number of aromatic nitrogens is 1. The second kappa shape index (κ2) is 5.26. The zero-order valence-electron chi connectivity index (χ0n) is 8.91. The molecule has 16 heavy (non-hydrogen) atoms. The van der Waals surface area contributed by atoms with Crippen LogP contribution in [0.3, 0.4) is 0 Å². The molecule has 6 nitrogen and oxygen atoms in total. The summed E-state index contributed by atoms with van der Waals surface area (Å²) in [5.41, 5.74) is 1.39. The maximum absolute atomic E-state index is 11.9. The molecular weight excluding hydrogens is 252 g/mol. The summed E-state index contributed by atoms with van der Waals surface area (Å²) >= 11 is 0.961. The minimum absolute atomic E-state index is 0.0269. The molecule has 1 aromatic rings. The number of carbonyl (C=O) groups excluding carboxylic acids is 1. The van der Waals surface area contributed by atoms with Gasteiger partial charge in [-0.3, -0.25) is 4.98 Å². The fraction of sp³-hybridized carbons (Fsp3) is 0.500. The summed E-state index contributed by atoms with van der Waals surface area (Å²) < 4.78 is 29.3. The number of thiazole rings is 1. The van der Waals surface area contributed by atoms with Gasteiger partial charge in [0, 0.05) is 6.54 Å². The average molecular weight is 264 g/mol. The van der Waals surface area contributed by atoms with Gasteiger partial charge in [0.25, 0.3) is 10.0 Å². The van der Waals surface area contributed by atoms with Gasteiger partial charge in [0.1, 0.15) is 0 Å². The number of amides is 1. The average Bonchev–Trinajstić information content (AvgIpc) is 2.71. The van der Waals surface area contributed by atoms with Gasteiger partial charge in [0.05, 0.1) is 18.3 Å². The van der Waals surface area contributed by atoms with Gasteiger partial charge in [-0.2, -0.15) is 12.7 Å². The van der Waals surface area contributed by atoms with E-state index < -0.39 is 16.1 Å². The van der Waals surface area contributed by atoms with Crippen LogP contribution < -0.4 is 0 Å². The van der Waals surface area contributed by atoms with Gasteiger partial charge in [0.15, 0.2) is 4.21 Å². The first-order valence-corrected chi connectivity index (χ1v) is 6.94. The van der Waals surface area contributed by atoms with Crippen LogP contribution in [0.1, 0.15) is 13.8 Å². The molecule has 1 amide bonds. The van der Waals surface area contributed by atoms with Crippen LogP contribution in [0, 0.1) is 0 Å². The largest absolute Gasteiger partial charge is 0.449 e. The first-order chi connectivity index (χ1) is 7.54. The summed E-state index contributed by atoms with van der Waals surface area (Å²) in [6, 6.07) is 0. The smallest absolute Gasteiger partial charge is 0.423 e. The maximum Gasteiger partial charge on any atom is 0.423 e. The van der Waals surface area contributed by atoms with Crippen molar-refractivity contribution in [2.75, 3.05) is 13.2 Å². The number of rotatable bonds is 4. The number of hydrogen-bond donors (Lipinski definition) is 0. The minimum atomic E-state index is -3.81. The Hall–Kier alpha value is -1.15. The highest BCUT2D eigenvalue weighted by Gasteiger charge is 2.30. The molecule has 0 aliphatic heterocycles. The number of carbonyl (C=O) groups is 1. The van der Waals surface area contributed by atoms with E-state index in [-0.39, 0.29) is 17.4 Å². The van der Waals surface area contributed by atoms with Gasteiger partial charge in [-0.05, 0) is 13.8 Å². The molecular formula is C8H12N2O4S2. The highest BCUT2D eigenvalue weighted by atomic mass is 32.2. The van der Waals surface area contributed by atoms with E-state index in [1.807, 2.05) is 0 Å². The Balaban J connectivity index is 3.01. The van der Waals surface area contributed by atoms with Crippen molar-refractivity contribution >= 4 is 27.5 Å². The molecule has 1 heterocycles. The van der Waals surface area contributed by atoms with E-state index in [4.69, 9.17) is 0 Å². The monoisotopic (exact) mass is 264 g/mol. The summed E-state index contributed by atoms with van der Waals surface area (Å²) in [5.74, 6) is 0. The third-order valence-corrected chi connectivity index (χ3v) is 4.80. The summed E-state index contributed by atoms with van der Waals surface area (Å²) in [6.45, 7) is 3.34. The van der Waals surface area contributed by atoms with E-state index >= 15 is 0 Å². The van der Waals surface area contributed by atoms with Crippen molar-refractivity contribution in [2.45, 2.75) is 18.1 Å². The summed E-state index contributed by atoms with van der Waals surface area (Å²) in [7, 11) is -3.81. The van der Waals surface area contributed by atoms with Gasteiger partial charge >= 0.3 is 6.09 Å². The van der Waals surface area contributed by atoms with Crippen LogP contribution in [0.4, 0.5) is 4.79 Å². The standard InChI is InChI=1S/C8H12N2O4S2/c1-3-10(8(11)14-4-2)16(12,13)7-5-9-6-15-7/h5-6H,3-4H2,1-2H3. The lowest BCUT2D eigenvalue weighted by Crippen LogP contribution is -2.36. The minimum Gasteiger partial charge on any atom is -0.449 e. The zero-order chi connectivity index (χ0) is 12.2. The molecule has 0 fully saturated rings. The lowest BCUT2D eigenvalue weighted by atomic mass is 10.7. The van der Waals surface area contributed by atoms with Crippen molar-refractivity contribution in [3.63, 3.8) is 0 Å². The molecule has 0 aromatic carbocycles. The molecule has 0 saturated carbocycles. The molecule has 1 aromatic heterocycles. The van der Waals surface area contributed by atoms with E-state index in [0.717, 1.165) is 11.3 Å². The predicted octanol–water partition coefficient (Wildman–Crippen LogP) is 1.31. The van der Waals surface area contributed by atoms with Crippen LogP contribution in [0.2, 0.25) is 0 Å². The Bertz CT molecular complexity index is 441. The Labute approximate surface area is 97.9 Å². The highest BCUT2D eigenvalue weighted by molar-refractivity contribution is 7.91. The van der Waals surface area contributed by atoms with Crippen molar-refractivity contribution < 1.29 is 17.9 Å². The van der Waals surface area contributed by atoms with Crippen LogP contribution >= 0.6 is 11.3 Å². The molecule has 0 unspecified atom stereocenters. The number of hydrogen-bond acceptors (Lipinski definition) is 6. The van der Waals surface area contributed by atoms with Gasteiger partial charge in [-0.15, -0.1) is 11.3 Å². The molecule has 0 radical (unpaired) electrons. The van der Waals surface area contributed by atoms with Gasteiger partial charge in [-0.25, -0.2) is 4.79 Å². The molecule has 0 N–H and O–H groups in total. The normalized spacial score (nSPS) is 11.1. The van der Waals surface area contributed by atoms with Crippen LogP contribution in [-0.2, 0) is 14.8 Å². The van der Waals surface area contributed by atoms with Crippen molar-refractivity contribution in [1.29, 1.82) is 0 Å². The molecule has 90 valence electrons. The lowest BCUT2D eigenvalue weighted by Gasteiger charge is -2.18. The molecule has 0 bridgehead atoms.